The molecule has 1 aromatic rings. The van der Waals surface area contributed by atoms with Gasteiger partial charge in [0.05, 0.1) is 24.9 Å². The monoisotopic (exact) mass is 405 g/mol. The Morgan fingerprint density at radius 2 is 1.89 bits per heavy atom. The van der Waals surface area contributed by atoms with E-state index in [-0.39, 0.29) is 55.0 Å². The van der Waals surface area contributed by atoms with Gasteiger partial charge in [-0.05, 0) is 31.2 Å². The molecule has 0 radical (unpaired) electrons. The minimum atomic E-state index is -0.219. The van der Waals surface area contributed by atoms with Gasteiger partial charge in [-0.25, -0.2) is 0 Å². The van der Waals surface area contributed by atoms with Crippen LogP contribution in [0.2, 0.25) is 0 Å². The summed E-state index contributed by atoms with van der Waals surface area (Å²) in [5.74, 6) is -1.08. The molecule has 2 fully saturated rings. The van der Waals surface area contributed by atoms with Crippen molar-refractivity contribution in [3.63, 3.8) is 0 Å². The van der Waals surface area contributed by atoms with Gasteiger partial charge in [-0.3, -0.25) is 24.1 Å². The van der Waals surface area contributed by atoms with E-state index in [9.17, 15) is 19.2 Å². The lowest BCUT2D eigenvalue weighted by atomic mass is 9.81. The molecule has 28 heavy (non-hydrogen) atoms. The van der Waals surface area contributed by atoms with Crippen molar-refractivity contribution in [3.8, 4) is 0 Å². The van der Waals surface area contributed by atoms with Crippen molar-refractivity contribution in [2.24, 2.45) is 11.8 Å². The summed E-state index contributed by atoms with van der Waals surface area (Å²) in [5, 5.41) is 4.75. The topological polar surface area (TPSA) is 86.8 Å². The van der Waals surface area contributed by atoms with Gasteiger partial charge in [-0.2, -0.15) is 0 Å². The number of hydrogen-bond donors (Lipinski definition) is 1. The Balaban J connectivity index is 1.47. The van der Waals surface area contributed by atoms with E-state index in [1.54, 1.807) is 11.3 Å². The second-order valence-corrected chi connectivity index (χ2v) is 8.37. The molecule has 1 saturated heterocycles. The van der Waals surface area contributed by atoms with Gasteiger partial charge >= 0.3 is 0 Å². The molecule has 1 aromatic heterocycles. The first-order chi connectivity index (χ1) is 13.5. The first-order valence-corrected chi connectivity index (χ1v) is 10.8. The van der Waals surface area contributed by atoms with Crippen molar-refractivity contribution < 1.29 is 19.2 Å². The first kappa shape index (κ1) is 20.5. The van der Waals surface area contributed by atoms with Gasteiger partial charge < -0.3 is 10.2 Å². The van der Waals surface area contributed by atoms with Crippen LogP contribution in [0.5, 0.6) is 0 Å². The smallest absolute Gasteiger partial charge is 0.239 e. The quantitative estimate of drug-likeness (QED) is 0.668. The predicted molar refractivity (Wildman–Crippen MR) is 105 cm³/mol. The Hall–Kier alpha value is -2.22. The van der Waals surface area contributed by atoms with Crippen LogP contribution < -0.4 is 5.32 Å². The number of likely N-dealkylation sites (N-methyl/N-ethyl adjacent to an activating group) is 1. The van der Waals surface area contributed by atoms with E-state index < -0.39 is 0 Å². The van der Waals surface area contributed by atoms with Crippen LogP contribution in [-0.2, 0) is 25.7 Å². The number of carbonyl (C=O) groups is 4. The van der Waals surface area contributed by atoms with Gasteiger partial charge in [0.2, 0.25) is 23.6 Å². The lowest BCUT2D eigenvalue weighted by Crippen LogP contribution is -2.42. The number of rotatable bonds is 8. The lowest BCUT2D eigenvalue weighted by molar-refractivity contribution is -0.141. The molecule has 3 rings (SSSR count). The summed E-state index contributed by atoms with van der Waals surface area (Å²) < 4.78 is 0. The van der Waals surface area contributed by atoms with Crippen LogP contribution in [0.15, 0.2) is 17.5 Å². The fourth-order valence-electron chi connectivity index (χ4n) is 4.02. The van der Waals surface area contributed by atoms with E-state index in [1.807, 2.05) is 24.4 Å². The molecule has 4 amide bonds. The Kier molecular flexibility index (Phi) is 6.83. The maximum absolute atomic E-state index is 12.5. The maximum atomic E-state index is 12.5. The van der Waals surface area contributed by atoms with Crippen molar-refractivity contribution in [1.82, 2.24) is 15.1 Å². The van der Waals surface area contributed by atoms with E-state index in [4.69, 9.17) is 0 Å². The van der Waals surface area contributed by atoms with Crippen LogP contribution in [0.25, 0.3) is 0 Å². The molecule has 0 unspecified atom stereocenters. The molecule has 1 aliphatic heterocycles. The zero-order valence-corrected chi connectivity index (χ0v) is 17.0. The number of fused-ring (bicyclic) bond motifs is 1. The summed E-state index contributed by atoms with van der Waals surface area (Å²) in [7, 11) is 0. The molecule has 2 aliphatic rings. The van der Waals surface area contributed by atoms with Crippen molar-refractivity contribution in [3.05, 3.63) is 22.4 Å². The van der Waals surface area contributed by atoms with Crippen LogP contribution >= 0.6 is 11.3 Å². The molecule has 1 saturated carbocycles. The highest BCUT2D eigenvalue weighted by Gasteiger charge is 2.47. The van der Waals surface area contributed by atoms with Crippen LogP contribution in [0, 0.1) is 11.8 Å². The number of carbonyl (C=O) groups excluding carboxylic acids is 4. The average molecular weight is 406 g/mol. The zero-order chi connectivity index (χ0) is 20.1. The zero-order valence-electron chi connectivity index (χ0n) is 16.2. The number of amides is 4. The van der Waals surface area contributed by atoms with Gasteiger partial charge in [0.15, 0.2) is 0 Å². The highest BCUT2D eigenvalue weighted by atomic mass is 32.1. The lowest BCUT2D eigenvalue weighted by Gasteiger charge is -2.22. The Bertz CT molecular complexity index is 710. The molecule has 152 valence electrons. The van der Waals surface area contributed by atoms with E-state index in [0.29, 0.717) is 13.1 Å². The van der Waals surface area contributed by atoms with E-state index in [1.165, 1.54) is 9.80 Å². The van der Waals surface area contributed by atoms with Crippen LogP contribution in [-0.4, -0.2) is 53.1 Å². The summed E-state index contributed by atoms with van der Waals surface area (Å²) in [4.78, 5) is 53.4. The third-order valence-electron chi connectivity index (χ3n) is 5.59. The summed E-state index contributed by atoms with van der Waals surface area (Å²) in [6.07, 6.45) is 3.56. The molecule has 2 heterocycles. The molecular formula is C20H27N3O4S. The normalized spacial score (nSPS) is 21.5. The fourth-order valence-corrected chi connectivity index (χ4v) is 4.67. The van der Waals surface area contributed by atoms with Crippen molar-refractivity contribution in [1.29, 1.82) is 0 Å². The van der Waals surface area contributed by atoms with Crippen molar-refractivity contribution in [2.45, 2.75) is 45.6 Å². The minimum Gasteiger partial charge on any atom is -0.350 e. The van der Waals surface area contributed by atoms with E-state index >= 15 is 0 Å². The van der Waals surface area contributed by atoms with Crippen LogP contribution in [0.3, 0.4) is 0 Å². The highest BCUT2D eigenvalue weighted by molar-refractivity contribution is 7.09. The molecule has 2 atom stereocenters. The average Bonchev–Trinajstić information content (AvgIpc) is 3.31. The number of nitrogens with one attached hydrogen (secondary N) is 1. The molecular weight excluding hydrogens is 378 g/mol. The molecule has 1 aliphatic carbocycles. The second kappa shape index (κ2) is 9.32. The van der Waals surface area contributed by atoms with Crippen molar-refractivity contribution >= 4 is 35.0 Å². The Morgan fingerprint density at radius 3 is 2.46 bits per heavy atom. The minimum absolute atomic E-state index is 0.0200. The fraction of sp³-hybridized carbons (Fsp3) is 0.600. The van der Waals surface area contributed by atoms with Gasteiger partial charge in [0, 0.05) is 24.4 Å². The summed E-state index contributed by atoms with van der Waals surface area (Å²) in [5.41, 5.74) is 0. The molecule has 1 N–H and O–H groups in total. The standard InChI is InChI=1S/C20H27N3O4S/c1-2-22(13-17(24)21-12-14-6-5-11-28-14)18(25)9-10-23-19(26)15-7-3-4-8-16(15)20(23)27/h5-6,11,15-16H,2-4,7-10,12-13H2,1H3,(H,21,24)/t15-,16-/m1/s1. The maximum Gasteiger partial charge on any atom is 0.239 e. The number of thiophene rings is 1. The number of hydrogen-bond acceptors (Lipinski definition) is 5. The largest absolute Gasteiger partial charge is 0.350 e. The van der Waals surface area contributed by atoms with E-state index in [2.05, 4.69) is 5.32 Å². The number of imide groups is 1. The van der Waals surface area contributed by atoms with Gasteiger partial charge in [0.1, 0.15) is 0 Å². The van der Waals surface area contributed by atoms with Crippen LogP contribution in [0.1, 0.15) is 43.9 Å². The number of nitrogens with zero attached hydrogens (tertiary/aromatic N) is 2. The van der Waals surface area contributed by atoms with Gasteiger partial charge in [0.25, 0.3) is 0 Å². The summed E-state index contributed by atoms with van der Waals surface area (Å²) in [6.45, 7) is 2.75. The molecule has 8 heteroatoms. The molecule has 0 bridgehead atoms. The Morgan fingerprint density at radius 1 is 1.21 bits per heavy atom. The van der Waals surface area contributed by atoms with E-state index in [0.717, 1.165) is 30.6 Å². The molecule has 0 aromatic carbocycles. The third-order valence-corrected chi connectivity index (χ3v) is 6.47. The second-order valence-electron chi connectivity index (χ2n) is 7.34. The first-order valence-electron chi connectivity index (χ1n) is 9.93. The SMILES string of the molecule is CCN(CC(=O)NCc1cccs1)C(=O)CCN1C(=O)[C@@H]2CCCC[C@H]2C1=O. The van der Waals surface area contributed by atoms with Gasteiger partial charge in [-0.1, -0.05) is 18.9 Å². The van der Waals surface area contributed by atoms with Crippen molar-refractivity contribution in [2.75, 3.05) is 19.6 Å². The third kappa shape index (κ3) is 4.60. The summed E-state index contributed by atoms with van der Waals surface area (Å²) >= 11 is 1.56. The van der Waals surface area contributed by atoms with Gasteiger partial charge in [-0.15, -0.1) is 11.3 Å². The van der Waals surface area contributed by atoms with Crippen LogP contribution in [0.4, 0.5) is 0 Å². The summed E-state index contributed by atoms with van der Waals surface area (Å²) in [6, 6.07) is 3.86. The Labute approximate surface area is 169 Å². The number of likely N-dealkylation sites (tertiary alicyclic amines) is 1. The molecule has 0 spiro atoms. The highest BCUT2D eigenvalue weighted by Crippen LogP contribution is 2.37. The predicted octanol–water partition coefficient (Wildman–Crippen LogP) is 1.78. The molecule has 7 nitrogen and oxygen atoms in total.